The first-order chi connectivity index (χ1) is 12.0. The molecule has 8 heteroatoms. The number of nitrogens with zero attached hydrogens (tertiary/aromatic N) is 1. The Labute approximate surface area is 147 Å². The molecule has 0 aliphatic carbocycles. The number of halogens is 2. The molecule has 0 radical (unpaired) electrons. The molecule has 1 aliphatic rings. The normalized spacial score (nSPS) is 13.4. The summed E-state index contributed by atoms with van der Waals surface area (Å²) in [5, 5.41) is 2.59. The molecular formula is C17H14F2N2O3S. The smallest absolute Gasteiger partial charge is 0.288 e. The van der Waals surface area contributed by atoms with Crippen LogP contribution in [0, 0.1) is 0 Å². The third kappa shape index (κ3) is 4.08. The number of hydrogen-bond acceptors (Lipinski definition) is 4. The fourth-order valence-corrected chi connectivity index (χ4v) is 3.02. The lowest BCUT2D eigenvalue weighted by Crippen LogP contribution is -2.43. The van der Waals surface area contributed by atoms with Crippen molar-refractivity contribution < 1.29 is 23.1 Å². The number of rotatable bonds is 5. The summed E-state index contributed by atoms with van der Waals surface area (Å²) in [5.41, 5.74) is 0.788. The van der Waals surface area contributed by atoms with E-state index >= 15 is 0 Å². The molecule has 0 saturated heterocycles. The van der Waals surface area contributed by atoms with Crippen LogP contribution in [0.2, 0.25) is 0 Å². The van der Waals surface area contributed by atoms with Crippen molar-refractivity contribution in [3.63, 3.8) is 0 Å². The number of carbonyl (C=O) groups excluding carboxylic acids is 2. The van der Waals surface area contributed by atoms with Gasteiger partial charge >= 0.3 is 0 Å². The van der Waals surface area contributed by atoms with Gasteiger partial charge in [-0.15, -0.1) is 0 Å². The van der Waals surface area contributed by atoms with Crippen LogP contribution in [0.25, 0.3) is 0 Å². The molecule has 0 spiro atoms. The minimum absolute atomic E-state index is 0.151. The van der Waals surface area contributed by atoms with Crippen LogP contribution in [0.1, 0.15) is 0 Å². The number of nitrogens with one attached hydrogen (secondary N) is 1. The third-order valence-corrected chi connectivity index (χ3v) is 4.28. The lowest BCUT2D eigenvalue weighted by molar-refractivity contribution is -0.123. The number of anilines is 2. The van der Waals surface area contributed by atoms with E-state index in [0.717, 1.165) is 0 Å². The van der Waals surface area contributed by atoms with Gasteiger partial charge in [0.25, 0.3) is 11.7 Å². The maximum atomic E-state index is 12.6. The maximum Gasteiger partial charge on any atom is 0.288 e. The van der Waals surface area contributed by atoms with E-state index in [1.165, 1.54) is 17.0 Å². The zero-order valence-electron chi connectivity index (χ0n) is 12.9. The molecule has 0 bridgehead atoms. The number of amides is 2. The van der Waals surface area contributed by atoms with Crippen LogP contribution in [-0.2, 0) is 9.59 Å². The summed E-state index contributed by atoms with van der Waals surface area (Å²) >= 11 is 0.354. The van der Waals surface area contributed by atoms with E-state index in [-0.39, 0.29) is 29.6 Å². The summed E-state index contributed by atoms with van der Waals surface area (Å²) in [5.74, 6) is -2.90. The molecule has 1 heterocycles. The summed E-state index contributed by atoms with van der Waals surface area (Å²) in [6.07, 6.45) is 0. The number of benzene rings is 2. The van der Waals surface area contributed by atoms with E-state index in [9.17, 15) is 18.4 Å². The quantitative estimate of drug-likeness (QED) is 0.827. The summed E-state index contributed by atoms with van der Waals surface area (Å²) in [6.45, 7) is -0.380. The van der Waals surface area contributed by atoms with Crippen molar-refractivity contribution in [3.8, 4) is 5.75 Å². The number of ether oxygens (including phenoxy) is 1. The van der Waals surface area contributed by atoms with E-state index in [2.05, 4.69) is 5.32 Å². The predicted octanol–water partition coefficient (Wildman–Crippen LogP) is 3.37. The fraction of sp³-hybridized carbons (Fsp3) is 0.176. The van der Waals surface area contributed by atoms with Crippen molar-refractivity contribution in [1.82, 2.24) is 0 Å². The Morgan fingerprint density at radius 2 is 1.92 bits per heavy atom. The number of para-hydroxylation sites is 3. The molecule has 0 aromatic heterocycles. The van der Waals surface area contributed by atoms with Gasteiger partial charge < -0.3 is 10.1 Å². The molecule has 2 aromatic rings. The molecule has 1 N–H and O–H groups in total. The zero-order valence-corrected chi connectivity index (χ0v) is 13.8. The molecule has 130 valence electrons. The van der Waals surface area contributed by atoms with Gasteiger partial charge in [0, 0.05) is 4.90 Å². The highest BCUT2D eigenvalue weighted by Crippen LogP contribution is 2.33. The minimum atomic E-state index is -2.59. The van der Waals surface area contributed by atoms with Crippen LogP contribution in [0.5, 0.6) is 5.75 Å². The van der Waals surface area contributed by atoms with E-state index in [4.69, 9.17) is 4.74 Å². The first kappa shape index (κ1) is 17.2. The molecule has 25 heavy (non-hydrogen) atoms. The Bertz CT molecular complexity index is 801. The lowest BCUT2D eigenvalue weighted by Gasteiger charge is -2.28. The van der Waals surface area contributed by atoms with E-state index in [0.29, 0.717) is 23.2 Å². The second kappa shape index (κ2) is 7.52. The number of hydrogen-bond donors (Lipinski definition) is 1. The Hall–Kier alpha value is -2.61. The Morgan fingerprint density at radius 3 is 2.72 bits per heavy atom. The molecule has 2 aromatic carbocycles. The number of fused-ring (bicyclic) bond motifs is 1. The Kier molecular flexibility index (Phi) is 5.18. The van der Waals surface area contributed by atoms with Crippen LogP contribution in [-0.4, -0.2) is 30.7 Å². The lowest BCUT2D eigenvalue weighted by atomic mass is 10.2. The van der Waals surface area contributed by atoms with E-state index in [1.54, 1.807) is 36.4 Å². The number of thioether (sulfide) groups is 1. The predicted molar refractivity (Wildman–Crippen MR) is 91.2 cm³/mol. The molecule has 1 aliphatic heterocycles. The van der Waals surface area contributed by atoms with Gasteiger partial charge in [-0.25, -0.2) is 0 Å². The summed E-state index contributed by atoms with van der Waals surface area (Å²) in [4.78, 5) is 26.0. The molecule has 3 rings (SSSR count). The Morgan fingerprint density at radius 1 is 1.20 bits per heavy atom. The van der Waals surface area contributed by atoms with Crippen molar-refractivity contribution in [2.75, 3.05) is 23.4 Å². The van der Waals surface area contributed by atoms with Crippen LogP contribution >= 0.6 is 11.8 Å². The van der Waals surface area contributed by atoms with E-state index in [1.807, 2.05) is 0 Å². The molecule has 0 saturated carbocycles. The van der Waals surface area contributed by atoms with E-state index < -0.39 is 11.7 Å². The van der Waals surface area contributed by atoms with Crippen LogP contribution in [0.15, 0.2) is 53.4 Å². The maximum absolute atomic E-state index is 12.6. The van der Waals surface area contributed by atoms with Gasteiger partial charge in [-0.05, 0) is 24.3 Å². The second-order valence-electron chi connectivity index (χ2n) is 5.16. The highest BCUT2D eigenvalue weighted by atomic mass is 32.2. The van der Waals surface area contributed by atoms with Crippen LogP contribution in [0.3, 0.4) is 0 Å². The number of carbonyl (C=O) groups is 2. The van der Waals surface area contributed by atoms with Gasteiger partial charge in [0.05, 0.1) is 11.4 Å². The molecule has 0 fully saturated rings. The average Bonchev–Trinajstić information content (AvgIpc) is 2.59. The van der Waals surface area contributed by atoms with Crippen molar-refractivity contribution >= 4 is 35.0 Å². The first-order valence-electron chi connectivity index (χ1n) is 7.40. The Balaban J connectivity index is 1.75. The van der Waals surface area contributed by atoms with Gasteiger partial charge in [0.15, 0.2) is 6.61 Å². The van der Waals surface area contributed by atoms with Gasteiger partial charge in [-0.2, -0.15) is 8.78 Å². The van der Waals surface area contributed by atoms with Crippen LogP contribution in [0.4, 0.5) is 20.2 Å². The topological polar surface area (TPSA) is 58.6 Å². The van der Waals surface area contributed by atoms with Crippen molar-refractivity contribution in [3.05, 3.63) is 48.5 Å². The van der Waals surface area contributed by atoms with Crippen molar-refractivity contribution in [2.24, 2.45) is 0 Å². The average molecular weight is 364 g/mol. The van der Waals surface area contributed by atoms with Gasteiger partial charge in [0.1, 0.15) is 12.3 Å². The molecular weight excluding hydrogens is 350 g/mol. The van der Waals surface area contributed by atoms with Gasteiger partial charge in [-0.3, -0.25) is 14.5 Å². The molecule has 0 atom stereocenters. The SMILES string of the molecule is O=C(CN1C(=O)COc2ccccc21)Nc1ccccc1SC(F)F. The molecule has 5 nitrogen and oxygen atoms in total. The van der Waals surface area contributed by atoms with Crippen LogP contribution < -0.4 is 15.0 Å². The molecule has 0 unspecified atom stereocenters. The zero-order chi connectivity index (χ0) is 17.8. The number of alkyl halides is 2. The molecule has 2 amide bonds. The third-order valence-electron chi connectivity index (χ3n) is 3.49. The second-order valence-corrected chi connectivity index (χ2v) is 6.19. The minimum Gasteiger partial charge on any atom is -0.482 e. The highest BCUT2D eigenvalue weighted by Gasteiger charge is 2.27. The standard InChI is InChI=1S/C17H14F2N2O3S/c18-17(19)25-14-8-4-1-5-11(14)20-15(22)9-21-12-6-2-3-7-13(12)24-10-16(21)23/h1-8,17H,9-10H2,(H,20,22). The monoisotopic (exact) mass is 364 g/mol. The summed E-state index contributed by atoms with van der Waals surface area (Å²) in [6, 6.07) is 13.2. The van der Waals surface area contributed by atoms with Crippen molar-refractivity contribution in [2.45, 2.75) is 10.7 Å². The van der Waals surface area contributed by atoms with Crippen molar-refractivity contribution in [1.29, 1.82) is 0 Å². The van der Waals surface area contributed by atoms with Gasteiger partial charge in [-0.1, -0.05) is 36.0 Å². The summed E-state index contributed by atoms with van der Waals surface area (Å²) in [7, 11) is 0. The largest absolute Gasteiger partial charge is 0.482 e. The van der Waals surface area contributed by atoms with Gasteiger partial charge in [0.2, 0.25) is 5.91 Å². The fourth-order valence-electron chi connectivity index (χ4n) is 2.43. The summed E-state index contributed by atoms with van der Waals surface area (Å²) < 4.78 is 30.5. The first-order valence-corrected chi connectivity index (χ1v) is 8.28. The highest BCUT2D eigenvalue weighted by molar-refractivity contribution is 7.99.